The van der Waals surface area contributed by atoms with Crippen LogP contribution in [0.15, 0.2) is 17.0 Å². The van der Waals surface area contributed by atoms with Gasteiger partial charge in [0.25, 0.3) is 0 Å². The van der Waals surface area contributed by atoms with Crippen LogP contribution in [0.4, 0.5) is 5.82 Å². The fourth-order valence-electron chi connectivity index (χ4n) is 1.47. The van der Waals surface area contributed by atoms with E-state index in [1.807, 2.05) is 0 Å². The number of anilines is 1. The zero-order valence-corrected chi connectivity index (χ0v) is 11.7. The van der Waals surface area contributed by atoms with Gasteiger partial charge in [-0.25, -0.2) is 9.97 Å². The Morgan fingerprint density at radius 3 is 2.50 bits per heavy atom. The van der Waals surface area contributed by atoms with Gasteiger partial charge in [0, 0.05) is 6.42 Å². The molecule has 7 heteroatoms. The highest BCUT2D eigenvalue weighted by Crippen LogP contribution is 2.25. The van der Waals surface area contributed by atoms with E-state index in [1.165, 1.54) is 12.4 Å². The van der Waals surface area contributed by atoms with Gasteiger partial charge in [-0.2, -0.15) is 0 Å². The molecule has 0 fully saturated rings. The van der Waals surface area contributed by atoms with Gasteiger partial charge in [0.2, 0.25) is 5.91 Å². The maximum atomic E-state index is 11.7. The molecule has 98 valence electrons. The van der Waals surface area contributed by atoms with Crippen molar-refractivity contribution in [3.63, 3.8) is 0 Å². The summed E-state index contributed by atoms with van der Waals surface area (Å²) in [6.07, 6.45) is 2.94. The number of carbonyl (C=O) groups is 2. The molecule has 1 heterocycles. The van der Waals surface area contributed by atoms with Crippen molar-refractivity contribution in [1.82, 2.24) is 9.97 Å². The molecule has 0 aliphatic rings. The third kappa shape index (κ3) is 5.22. The highest BCUT2D eigenvalue weighted by molar-refractivity contribution is 9.10. The molecule has 18 heavy (non-hydrogen) atoms. The number of aromatic nitrogens is 2. The lowest BCUT2D eigenvalue weighted by Gasteiger charge is -2.21. The highest BCUT2D eigenvalue weighted by Gasteiger charge is 2.25. The van der Waals surface area contributed by atoms with Crippen LogP contribution in [0.25, 0.3) is 0 Å². The number of amides is 1. The lowest BCUT2D eigenvalue weighted by Crippen LogP contribution is -2.25. The molecule has 0 aliphatic heterocycles. The summed E-state index contributed by atoms with van der Waals surface area (Å²) in [5, 5.41) is 11.3. The Labute approximate surface area is 113 Å². The number of aliphatic carboxylic acids is 1. The Hall–Kier alpha value is -1.50. The number of hydrogen-bond donors (Lipinski definition) is 2. The molecule has 1 amide bonds. The number of nitrogens with zero attached hydrogens (tertiary/aromatic N) is 2. The third-order valence-corrected chi connectivity index (χ3v) is 2.57. The first-order chi connectivity index (χ1) is 8.28. The van der Waals surface area contributed by atoms with Gasteiger partial charge in [-0.05, 0) is 21.3 Å². The Kier molecular flexibility index (Phi) is 4.77. The number of carboxylic acids is 1. The molecule has 0 unspecified atom stereocenters. The summed E-state index contributed by atoms with van der Waals surface area (Å²) in [7, 11) is 0. The van der Waals surface area contributed by atoms with Crippen LogP contribution in [-0.4, -0.2) is 27.0 Å². The topological polar surface area (TPSA) is 92.2 Å². The van der Waals surface area contributed by atoms with Gasteiger partial charge in [-0.15, -0.1) is 0 Å². The van der Waals surface area contributed by atoms with E-state index in [2.05, 4.69) is 31.2 Å². The van der Waals surface area contributed by atoms with E-state index in [-0.39, 0.29) is 18.7 Å². The van der Waals surface area contributed by atoms with Crippen LogP contribution in [0.3, 0.4) is 0 Å². The van der Waals surface area contributed by atoms with Crippen LogP contribution in [-0.2, 0) is 9.59 Å². The fourth-order valence-corrected chi connectivity index (χ4v) is 1.68. The molecule has 1 rings (SSSR count). The molecule has 0 bridgehead atoms. The van der Waals surface area contributed by atoms with Gasteiger partial charge in [0.15, 0.2) is 5.82 Å². The number of nitrogens with one attached hydrogen (secondary N) is 1. The molecule has 6 nitrogen and oxygen atoms in total. The molecular formula is C11H14BrN3O3. The van der Waals surface area contributed by atoms with Crippen molar-refractivity contribution in [3.05, 3.63) is 17.0 Å². The van der Waals surface area contributed by atoms with E-state index >= 15 is 0 Å². The van der Waals surface area contributed by atoms with Gasteiger partial charge < -0.3 is 10.4 Å². The second-order valence-electron chi connectivity index (χ2n) is 4.68. The maximum absolute atomic E-state index is 11.7. The number of carboxylic acid groups (broad SMARTS) is 1. The summed E-state index contributed by atoms with van der Waals surface area (Å²) in [6, 6.07) is 0. The predicted octanol–water partition coefficient (Wildman–Crippen LogP) is 2.07. The monoisotopic (exact) mass is 315 g/mol. The fraction of sp³-hybridized carbons (Fsp3) is 0.455. The molecule has 0 saturated carbocycles. The lowest BCUT2D eigenvalue weighted by molar-refractivity contribution is -0.139. The second-order valence-corrected chi connectivity index (χ2v) is 5.50. The first-order valence-electron chi connectivity index (χ1n) is 5.28. The smallest absolute Gasteiger partial charge is 0.303 e. The van der Waals surface area contributed by atoms with Gasteiger partial charge in [0.1, 0.15) is 4.60 Å². The van der Waals surface area contributed by atoms with Crippen molar-refractivity contribution in [2.24, 2.45) is 5.41 Å². The molecule has 1 aromatic rings. The molecule has 0 spiro atoms. The van der Waals surface area contributed by atoms with Crippen LogP contribution in [0.5, 0.6) is 0 Å². The standard InChI is InChI=1S/C11H14BrN3O3/c1-11(2,4-10(17)18)3-9(16)15-8-6-13-7(12)5-14-8/h5-6H,3-4H2,1-2H3,(H,17,18)(H,14,15,16). The van der Waals surface area contributed by atoms with Crippen LogP contribution < -0.4 is 5.32 Å². The minimum atomic E-state index is -0.920. The first kappa shape index (κ1) is 14.6. The van der Waals surface area contributed by atoms with Crippen LogP contribution in [0.2, 0.25) is 0 Å². The lowest BCUT2D eigenvalue weighted by atomic mass is 9.85. The summed E-state index contributed by atoms with van der Waals surface area (Å²) < 4.78 is 0.576. The summed E-state index contributed by atoms with van der Waals surface area (Å²) in [4.78, 5) is 30.2. The summed E-state index contributed by atoms with van der Waals surface area (Å²) in [6.45, 7) is 3.46. The second kappa shape index (κ2) is 5.90. The first-order valence-corrected chi connectivity index (χ1v) is 6.07. The van der Waals surface area contributed by atoms with E-state index in [4.69, 9.17) is 5.11 Å². The van der Waals surface area contributed by atoms with Crippen LogP contribution >= 0.6 is 15.9 Å². The highest BCUT2D eigenvalue weighted by atomic mass is 79.9. The Balaban J connectivity index is 2.56. The Morgan fingerprint density at radius 1 is 1.33 bits per heavy atom. The average molecular weight is 316 g/mol. The van der Waals surface area contributed by atoms with Crippen molar-refractivity contribution in [3.8, 4) is 0 Å². The van der Waals surface area contributed by atoms with Gasteiger partial charge in [-0.3, -0.25) is 9.59 Å². The van der Waals surface area contributed by atoms with E-state index in [0.29, 0.717) is 10.4 Å². The molecule has 0 radical (unpaired) electrons. The van der Waals surface area contributed by atoms with E-state index in [0.717, 1.165) is 0 Å². The van der Waals surface area contributed by atoms with Crippen molar-refractivity contribution in [2.75, 3.05) is 5.32 Å². The largest absolute Gasteiger partial charge is 0.481 e. The molecular weight excluding hydrogens is 302 g/mol. The maximum Gasteiger partial charge on any atom is 0.303 e. The summed E-state index contributed by atoms with van der Waals surface area (Å²) >= 11 is 3.14. The molecule has 2 N–H and O–H groups in total. The minimum absolute atomic E-state index is 0.0631. The van der Waals surface area contributed by atoms with Crippen molar-refractivity contribution < 1.29 is 14.7 Å². The molecule has 1 aromatic heterocycles. The number of halogens is 1. The molecule has 0 saturated heterocycles. The van der Waals surface area contributed by atoms with E-state index in [9.17, 15) is 9.59 Å². The van der Waals surface area contributed by atoms with Crippen LogP contribution in [0, 0.1) is 5.41 Å². The number of carbonyl (C=O) groups excluding carboxylic acids is 1. The minimum Gasteiger partial charge on any atom is -0.481 e. The normalized spacial score (nSPS) is 11.1. The van der Waals surface area contributed by atoms with E-state index < -0.39 is 11.4 Å². The van der Waals surface area contributed by atoms with Gasteiger partial charge in [-0.1, -0.05) is 13.8 Å². The quantitative estimate of drug-likeness (QED) is 0.867. The zero-order chi connectivity index (χ0) is 13.8. The predicted molar refractivity (Wildman–Crippen MR) is 69.0 cm³/mol. The molecule has 0 atom stereocenters. The SMILES string of the molecule is CC(C)(CC(=O)O)CC(=O)Nc1cnc(Br)cn1. The van der Waals surface area contributed by atoms with Crippen LogP contribution in [0.1, 0.15) is 26.7 Å². The Bertz CT molecular complexity index is 445. The average Bonchev–Trinajstić information content (AvgIpc) is 2.18. The van der Waals surface area contributed by atoms with Crippen molar-refractivity contribution >= 4 is 33.6 Å². The number of hydrogen-bond acceptors (Lipinski definition) is 4. The molecule has 0 aromatic carbocycles. The summed E-state index contributed by atoms with van der Waals surface area (Å²) in [5.74, 6) is -0.858. The Morgan fingerprint density at radius 2 is 2.00 bits per heavy atom. The third-order valence-electron chi connectivity index (χ3n) is 2.16. The van der Waals surface area contributed by atoms with Crippen molar-refractivity contribution in [1.29, 1.82) is 0 Å². The van der Waals surface area contributed by atoms with Crippen molar-refractivity contribution in [2.45, 2.75) is 26.7 Å². The van der Waals surface area contributed by atoms with Gasteiger partial charge in [0.05, 0.1) is 18.8 Å². The molecule has 0 aliphatic carbocycles. The van der Waals surface area contributed by atoms with E-state index in [1.54, 1.807) is 13.8 Å². The van der Waals surface area contributed by atoms with Gasteiger partial charge >= 0.3 is 5.97 Å². The summed E-state index contributed by atoms with van der Waals surface area (Å²) in [5.41, 5.74) is -0.599. The number of rotatable bonds is 5. The zero-order valence-electron chi connectivity index (χ0n) is 10.1.